The van der Waals surface area contributed by atoms with Crippen LogP contribution in [0.5, 0.6) is 0 Å². The molecule has 11 heteroatoms. The fourth-order valence-electron chi connectivity index (χ4n) is 2.10. The van der Waals surface area contributed by atoms with Crippen molar-refractivity contribution in [3.8, 4) is 0 Å². The number of hydrogen-bond donors (Lipinski definition) is 4. The van der Waals surface area contributed by atoms with Crippen LogP contribution in [0.1, 0.15) is 16.1 Å². The van der Waals surface area contributed by atoms with Gasteiger partial charge in [-0.05, 0) is 5.56 Å². The van der Waals surface area contributed by atoms with E-state index in [1.165, 1.54) is 12.3 Å². The number of aliphatic carboxylic acids is 1. The highest BCUT2D eigenvalue weighted by Crippen LogP contribution is 2.08. The Kier molecular flexibility index (Phi) is 7.48. The number of ether oxygens (including phenoxy) is 2. The zero-order chi connectivity index (χ0) is 20.4. The van der Waals surface area contributed by atoms with Crippen molar-refractivity contribution < 1.29 is 33.5 Å². The molecule has 0 saturated carbocycles. The zero-order valence-electron chi connectivity index (χ0n) is 14.8. The summed E-state index contributed by atoms with van der Waals surface area (Å²) in [6.45, 7) is -0.569. The summed E-state index contributed by atoms with van der Waals surface area (Å²) in [4.78, 5) is 36.3. The number of carbonyl (C=O) groups excluding carboxylic acids is 2. The smallest absolute Gasteiger partial charge is 0.409 e. The van der Waals surface area contributed by atoms with Crippen molar-refractivity contribution in [3.05, 3.63) is 53.9 Å². The highest BCUT2D eigenvalue weighted by molar-refractivity contribution is 5.96. The maximum absolute atomic E-state index is 12.2. The highest BCUT2D eigenvalue weighted by atomic mass is 16.6. The summed E-state index contributed by atoms with van der Waals surface area (Å²) in [5.41, 5.74) is 3.72. The monoisotopic (exact) mass is 392 g/mol. The zero-order valence-corrected chi connectivity index (χ0v) is 14.8. The molecular weight excluding hydrogens is 372 g/mol. The minimum Gasteiger partial charge on any atom is -0.478 e. The average molecular weight is 392 g/mol. The van der Waals surface area contributed by atoms with Crippen LogP contribution in [0, 0.1) is 0 Å². The van der Waals surface area contributed by atoms with Gasteiger partial charge in [0.1, 0.15) is 6.61 Å². The maximum atomic E-state index is 12.2. The third kappa shape index (κ3) is 5.79. The molecule has 1 heterocycles. The van der Waals surface area contributed by atoms with E-state index in [4.69, 9.17) is 19.7 Å². The lowest BCUT2D eigenvalue weighted by molar-refractivity contribution is -0.149. The van der Waals surface area contributed by atoms with Gasteiger partial charge in [-0.3, -0.25) is 10.1 Å². The van der Waals surface area contributed by atoms with Crippen molar-refractivity contribution in [2.45, 2.75) is 12.3 Å². The molecule has 11 nitrogen and oxygen atoms in total. The van der Waals surface area contributed by atoms with Crippen LogP contribution < -0.4 is 16.4 Å². The Morgan fingerprint density at radius 2 is 1.93 bits per heavy atom. The van der Waals surface area contributed by atoms with E-state index in [0.29, 0.717) is 5.56 Å². The molecule has 2 aromatic rings. The predicted octanol–water partition coefficient (Wildman–Crippen LogP) is 0.0870. The number of carboxylic acid groups (broad SMARTS) is 1. The van der Waals surface area contributed by atoms with Gasteiger partial charge in [0, 0.05) is 12.6 Å². The van der Waals surface area contributed by atoms with Crippen molar-refractivity contribution in [1.82, 2.24) is 15.8 Å². The predicted molar refractivity (Wildman–Crippen MR) is 94.0 cm³/mol. The Labute approximate surface area is 159 Å². The van der Waals surface area contributed by atoms with Crippen molar-refractivity contribution in [2.75, 3.05) is 19.8 Å². The summed E-state index contributed by atoms with van der Waals surface area (Å²) in [7, 11) is 0. The van der Waals surface area contributed by atoms with Crippen LogP contribution in [0.4, 0.5) is 4.79 Å². The summed E-state index contributed by atoms with van der Waals surface area (Å²) >= 11 is 0. The van der Waals surface area contributed by atoms with E-state index in [9.17, 15) is 19.5 Å². The second kappa shape index (κ2) is 10.0. The van der Waals surface area contributed by atoms with E-state index in [-0.39, 0.29) is 25.5 Å². The minimum absolute atomic E-state index is 0.00789. The van der Waals surface area contributed by atoms with Gasteiger partial charge in [-0.15, -0.1) is 0 Å². The Morgan fingerprint density at radius 1 is 1.18 bits per heavy atom. The molecule has 1 aromatic carbocycles. The SMILES string of the molecule is NCCOCC(NC(=O)OCc1ccccc1)(NC(=O)c1ccno1)C(=O)O. The largest absolute Gasteiger partial charge is 0.478 e. The minimum atomic E-state index is -2.31. The molecular formula is C17H20N4O7. The van der Waals surface area contributed by atoms with E-state index in [1.54, 1.807) is 30.3 Å². The molecule has 2 rings (SSSR count). The molecule has 1 unspecified atom stereocenters. The number of nitrogens with zero attached hydrogens (tertiary/aromatic N) is 1. The molecule has 0 aliphatic rings. The van der Waals surface area contributed by atoms with Crippen molar-refractivity contribution in [2.24, 2.45) is 5.73 Å². The first kappa shape index (κ1) is 20.9. The van der Waals surface area contributed by atoms with E-state index in [1.807, 2.05) is 0 Å². The topological polar surface area (TPSA) is 166 Å². The second-order valence-corrected chi connectivity index (χ2v) is 5.57. The Bertz CT molecular complexity index is 782. The van der Waals surface area contributed by atoms with Gasteiger partial charge in [-0.25, -0.2) is 9.59 Å². The van der Waals surface area contributed by atoms with Crippen LogP contribution in [-0.2, 0) is 20.9 Å². The molecule has 0 aliphatic carbocycles. The van der Waals surface area contributed by atoms with Gasteiger partial charge in [-0.1, -0.05) is 35.5 Å². The number of nitrogens with one attached hydrogen (secondary N) is 2. The third-order valence-electron chi connectivity index (χ3n) is 3.46. The standard InChI is InChI=1S/C17H20N4O7/c18-7-9-26-11-17(15(23)24,20-14(22)13-6-8-19-28-13)21-16(25)27-10-12-4-2-1-3-5-12/h1-6,8H,7,9-11,18H2,(H,20,22)(H,21,25)(H,23,24). The summed E-state index contributed by atoms with van der Waals surface area (Å²) in [5, 5.41) is 17.3. The first-order valence-corrected chi connectivity index (χ1v) is 8.20. The van der Waals surface area contributed by atoms with Crippen LogP contribution in [0.2, 0.25) is 0 Å². The number of hydrogen-bond acceptors (Lipinski definition) is 8. The third-order valence-corrected chi connectivity index (χ3v) is 3.46. The van der Waals surface area contributed by atoms with Gasteiger partial charge < -0.3 is 30.2 Å². The van der Waals surface area contributed by atoms with Gasteiger partial charge in [0.15, 0.2) is 0 Å². The van der Waals surface area contributed by atoms with E-state index in [2.05, 4.69) is 15.8 Å². The molecule has 0 radical (unpaired) electrons. The van der Waals surface area contributed by atoms with E-state index >= 15 is 0 Å². The number of aromatic nitrogens is 1. The Balaban J connectivity index is 2.11. The molecule has 5 N–H and O–H groups in total. The van der Waals surface area contributed by atoms with Gasteiger partial charge in [-0.2, -0.15) is 0 Å². The molecule has 0 saturated heterocycles. The fourth-order valence-corrected chi connectivity index (χ4v) is 2.10. The first-order chi connectivity index (χ1) is 13.5. The molecule has 150 valence electrons. The number of rotatable bonds is 10. The number of nitrogens with two attached hydrogens (primary N) is 1. The molecule has 0 spiro atoms. The summed E-state index contributed by atoms with van der Waals surface area (Å²) < 4.78 is 14.9. The normalized spacial score (nSPS) is 12.6. The van der Waals surface area contributed by atoms with Gasteiger partial charge in [0.2, 0.25) is 11.4 Å². The first-order valence-electron chi connectivity index (χ1n) is 8.20. The molecule has 1 aromatic heterocycles. The van der Waals surface area contributed by atoms with Crippen LogP contribution >= 0.6 is 0 Å². The molecule has 1 atom stereocenters. The van der Waals surface area contributed by atoms with Crippen LogP contribution in [0.25, 0.3) is 0 Å². The van der Waals surface area contributed by atoms with E-state index < -0.39 is 30.2 Å². The van der Waals surface area contributed by atoms with Crippen LogP contribution in [0.15, 0.2) is 47.1 Å². The van der Waals surface area contributed by atoms with Crippen molar-refractivity contribution in [3.63, 3.8) is 0 Å². The number of carboxylic acids is 1. The maximum Gasteiger partial charge on any atom is 0.409 e. The molecule has 2 amide bonds. The Morgan fingerprint density at radius 3 is 2.54 bits per heavy atom. The quantitative estimate of drug-likeness (QED) is 0.323. The second-order valence-electron chi connectivity index (χ2n) is 5.57. The number of alkyl carbamates (subject to hydrolysis) is 1. The van der Waals surface area contributed by atoms with Gasteiger partial charge >= 0.3 is 12.1 Å². The summed E-state index contributed by atoms with van der Waals surface area (Å²) in [6.07, 6.45) is 0.143. The molecule has 0 fully saturated rings. The lowest BCUT2D eigenvalue weighted by Gasteiger charge is -2.30. The van der Waals surface area contributed by atoms with Gasteiger partial charge in [0.05, 0.1) is 19.4 Å². The number of amides is 2. The van der Waals surface area contributed by atoms with Crippen LogP contribution in [-0.4, -0.2) is 53.7 Å². The lowest BCUT2D eigenvalue weighted by Crippen LogP contribution is -2.68. The Hall–Kier alpha value is -3.44. The molecule has 0 aliphatic heterocycles. The fraction of sp³-hybridized carbons (Fsp3) is 0.294. The average Bonchev–Trinajstić information content (AvgIpc) is 3.22. The lowest BCUT2D eigenvalue weighted by atomic mass is 10.1. The summed E-state index contributed by atoms with van der Waals surface area (Å²) in [6, 6.07) is 10.0. The molecule has 0 bridgehead atoms. The van der Waals surface area contributed by atoms with Crippen molar-refractivity contribution in [1.29, 1.82) is 0 Å². The van der Waals surface area contributed by atoms with Crippen LogP contribution in [0.3, 0.4) is 0 Å². The number of carbonyl (C=O) groups is 3. The van der Waals surface area contributed by atoms with E-state index in [0.717, 1.165) is 0 Å². The highest BCUT2D eigenvalue weighted by Gasteiger charge is 2.43. The summed E-state index contributed by atoms with van der Waals surface area (Å²) in [5.74, 6) is -2.74. The van der Waals surface area contributed by atoms with Gasteiger partial charge in [0.25, 0.3) is 5.91 Å². The van der Waals surface area contributed by atoms with Crippen molar-refractivity contribution >= 4 is 18.0 Å². The number of benzene rings is 1. The molecule has 28 heavy (non-hydrogen) atoms.